The van der Waals surface area contributed by atoms with E-state index in [1.165, 1.54) is 22.5 Å². The van der Waals surface area contributed by atoms with Gasteiger partial charge >= 0.3 is 0 Å². The average Bonchev–Trinajstić information content (AvgIpc) is 2.68. The van der Waals surface area contributed by atoms with Crippen LogP contribution in [-0.2, 0) is 20.6 Å². The van der Waals surface area contributed by atoms with Crippen LogP contribution in [0.3, 0.4) is 0 Å². The van der Waals surface area contributed by atoms with E-state index < -0.39 is 21.6 Å². The first kappa shape index (κ1) is 22.3. The summed E-state index contributed by atoms with van der Waals surface area (Å²) in [5, 5.41) is 3.62. The topological polar surface area (TPSA) is 66.5 Å². The van der Waals surface area contributed by atoms with E-state index in [0.717, 1.165) is 0 Å². The molecule has 2 aromatic carbocycles. The fraction of sp³-hybridized carbons (Fsp3) is 0.316. The predicted molar refractivity (Wildman–Crippen MR) is 113 cm³/mol. The van der Waals surface area contributed by atoms with Crippen molar-refractivity contribution in [2.45, 2.75) is 18.6 Å². The summed E-state index contributed by atoms with van der Waals surface area (Å²) in [6.07, 6.45) is 0.683. The Kier molecular flexibility index (Phi) is 7.06. The quantitative estimate of drug-likeness (QED) is 0.659. The van der Waals surface area contributed by atoms with Crippen LogP contribution >= 0.6 is 34.8 Å². The maximum Gasteiger partial charge on any atom is 0.227 e. The molecule has 156 valence electrons. The summed E-state index contributed by atoms with van der Waals surface area (Å²) >= 11 is 17.9. The lowest BCUT2D eigenvalue weighted by Gasteiger charge is -2.30. The summed E-state index contributed by atoms with van der Waals surface area (Å²) in [6, 6.07) is 8.80. The Morgan fingerprint density at radius 3 is 2.45 bits per heavy atom. The van der Waals surface area contributed by atoms with Gasteiger partial charge in [0.15, 0.2) is 0 Å². The zero-order valence-corrected chi connectivity index (χ0v) is 18.3. The Balaban J connectivity index is 1.62. The molecule has 1 aliphatic heterocycles. The van der Waals surface area contributed by atoms with Crippen molar-refractivity contribution in [1.29, 1.82) is 0 Å². The van der Waals surface area contributed by atoms with Gasteiger partial charge in [-0.3, -0.25) is 4.79 Å². The van der Waals surface area contributed by atoms with Crippen molar-refractivity contribution in [3.63, 3.8) is 0 Å². The maximum atomic E-state index is 13.9. The summed E-state index contributed by atoms with van der Waals surface area (Å²) in [7, 11) is -3.76. The molecule has 2 aromatic rings. The minimum atomic E-state index is -3.76. The third-order valence-corrected chi connectivity index (χ3v) is 7.52. The summed E-state index contributed by atoms with van der Waals surface area (Å²) < 4.78 is 40.6. The first-order valence-electron chi connectivity index (χ1n) is 8.84. The van der Waals surface area contributed by atoms with Gasteiger partial charge in [-0.1, -0.05) is 40.9 Å². The number of nitrogens with zero attached hydrogens (tertiary/aromatic N) is 1. The fourth-order valence-corrected chi connectivity index (χ4v) is 5.42. The molecule has 0 aromatic heterocycles. The average molecular weight is 480 g/mol. The third-order valence-electron chi connectivity index (χ3n) is 4.79. The number of hydrogen-bond donors (Lipinski definition) is 1. The normalized spacial score (nSPS) is 16.0. The molecule has 0 radical (unpaired) electrons. The molecular formula is C19H18Cl3FN2O3S. The van der Waals surface area contributed by atoms with Gasteiger partial charge in [0.25, 0.3) is 0 Å². The highest BCUT2D eigenvalue weighted by molar-refractivity contribution is 7.88. The van der Waals surface area contributed by atoms with Crippen molar-refractivity contribution in [3.8, 4) is 0 Å². The number of nitrogens with one attached hydrogen (secondary N) is 1. The number of piperidine rings is 1. The van der Waals surface area contributed by atoms with Gasteiger partial charge in [-0.05, 0) is 43.2 Å². The zero-order valence-electron chi connectivity index (χ0n) is 15.2. The fourth-order valence-electron chi connectivity index (χ4n) is 3.17. The summed E-state index contributed by atoms with van der Waals surface area (Å²) in [6.45, 7) is 0.325. The monoisotopic (exact) mass is 478 g/mol. The number of carbonyl (C=O) groups excluding carboxylic acids is 1. The van der Waals surface area contributed by atoms with E-state index in [1.54, 1.807) is 18.2 Å². The molecule has 1 heterocycles. The lowest BCUT2D eigenvalue weighted by atomic mass is 9.97. The smallest absolute Gasteiger partial charge is 0.227 e. The molecule has 0 aliphatic carbocycles. The molecule has 0 saturated carbocycles. The van der Waals surface area contributed by atoms with Crippen LogP contribution in [0.5, 0.6) is 0 Å². The van der Waals surface area contributed by atoms with Crippen molar-refractivity contribution in [2.75, 3.05) is 18.4 Å². The standard InChI is InChI=1S/C19H18Cl3FN2O3S/c20-13-4-5-16(22)18(10-13)24-19(26)12-6-8-25(9-7-12)29(27,28)11-14-15(21)2-1-3-17(14)23/h1-5,10,12H,6-9,11H2,(H,24,26). The molecule has 29 heavy (non-hydrogen) atoms. The first-order valence-corrected chi connectivity index (χ1v) is 11.6. The molecule has 1 amide bonds. The number of halogens is 4. The van der Waals surface area contributed by atoms with Crippen molar-refractivity contribution in [3.05, 3.63) is 62.8 Å². The number of amides is 1. The van der Waals surface area contributed by atoms with Crippen LogP contribution in [0.15, 0.2) is 36.4 Å². The Morgan fingerprint density at radius 2 is 1.79 bits per heavy atom. The molecule has 1 aliphatic rings. The van der Waals surface area contributed by atoms with E-state index in [1.807, 2.05) is 0 Å². The van der Waals surface area contributed by atoms with Gasteiger partial charge in [0.05, 0.1) is 16.5 Å². The van der Waals surface area contributed by atoms with Crippen LogP contribution in [-0.4, -0.2) is 31.7 Å². The SMILES string of the molecule is O=C(Nc1cc(Cl)ccc1Cl)C1CCN(S(=O)(=O)Cc2c(F)cccc2Cl)CC1. The van der Waals surface area contributed by atoms with Crippen molar-refractivity contribution >= 4 is 56.4 Å². The molecule has 1 saturated heterocycles. The largest absolute Gasteiger partial charge is 0.324 e. The van der Waals surface area contributed by atoms with E-state index in [4.69, 9.17) is 34.8 Å². The second kappa shape index (κ2) is 9.18. The second-order valence-electron chi connectivity index (χ2n) is 6.74. The van der Waals surface area contributed by atoms with E-state index >= 15 is 0 Å². The number of sulfonamides is 1. The highest BCUT2D eigenvalue weighted by atomic mass is 35.5. The summed E-state index contributed by atoms with van der Waals surface area (Å²) in [5.41, 5.74) is 0.359. The molecule has 1 N–H and O–H groups in total. The Labute approximate surface area is 183 Å². The van der Waals surface area contributed by atoms with Gasteiger partial charge in [0.2, 0.25) is 15.9 Å². The maximum absolute atomic E-state index is 13.9. The molecule has 0 spiro atoms. The second-order valence-corrected chi connectivity index (χ2v) is 9.96. The third kappa shape index (κ3) is 5.41. The van der Waals surface area contributed by atoms with Gasteiger partial charge in [0, 0.05) is 34.6 Å². The first-order chi connectivity index (χ1) is 13.7. The van der Waals surface area contributed by atoms with Gasteiger partial charge in [-0.25, -0.2) is 17.1 Å². The van der Waals surface area contributed by atoms with Crippen molar-refractivity contribution in [1.82, 2.24) is 4.31 Å². The van der Waals surface area contributed by atoms with Crippen molar-refractivity contribution in [2.24, 2.45) is 5.92 Å². The molecule has 0 bridgehead atoms. The minimum absolute atomic E-state index is 0.0513. The Hall–Kier alpha value is -1.38. The zero-order chi connectivity index (χ0) is 21.2. The Morgan fingerprint density at radius 1 is 1.10 bits per heavy atom. The highest BCUT2D eigenvalue weighted by Crippen LogP contribution is 2.29. The number of rotatable bonds is 5. The minimum Gasteiger partial charge on any atom is -0.324 e. The molecule has 0 unspecified atom stereocenters. The summed E-state index contributed by atoms with van der Waals surface area (Å²) in [4.78, 5) is 12.5. The van der Waals surface area contributed by atoms with Gasteiger partial charge in [-0.15, -0.1) is 0 Å². The van der Waals surface area contributed by atoms with E-state index in [2.05, 4.69) is 5.32 Å². The van der Waals surface area contributed by atoms with Crippen LogP contribution in [0.2, 0.25) is 15.1 Å². The molecule has 5 nitrogen and oxygen atoms in total. The predicted octanol–water partition coefficient (Wildman–Crippen LogP) is 4.97. The van der Waals surface area contributed by atoms with Crippen molar-refractivity contribution < 1.29 is 17.6 Å². The molecule has 3 rings (SSSR count). The van der Waals surface area contributed by atoms with Crippen LogP contribution in [0.25, 0.3) is 0 Å². The lowest BCUT2D eigenvalue weighted by Crippen LogP contribution is -2.42. The van der Waals surface area contributed by atoms with E-state index in [9.17, 15) is 17.6 Å². The van der Waals surface area contributed by atoms with Gasteiger partial charge < -0.3 is 5.32 Å². The van der Waals surface area contributed by atoms with E-state index in [0.29, 0.717) is 28.6 Å². The number of carbonyl (C=O) groups is 1. The summed E-state index contributed by atoms with van der Waals surface area (Å²) in [5.74, 6) is -1.79. The molecule has 10 heteroatoms. The molecule has 1 fully saturated rings. The lowest BCUT2D eigenvalue weighted by molar-refractivity contribution is -0.120. The van der Waals surface area contributed by atoms with Gasteiger partial charge in [-0.2, -0.15) is 0 Å². The van der Waals surface area contributed by atoms with Crippen LogP contribution in [0.1, 0.15) is 18.4 Å². The van der Waals surface area contributed by atoms with Crippen LogP contribution in [0.4, 0.5) is 10.1 Å². The van der Waals surface area contributed by atoms with E-state index in [-0.39, 0.29) is 35.5 Å². The highest BCUT2D eigenvalue weighted by Gasteiger charge is 2.32. The van der Waals surface area contributed by atoms with Crippen LogP contribution in [0, 0.1) is 11.7 Å². The van der Waals surface area contributed by atoms with Gasteiger partial charge in [0.1, 0.15) is 5.82 Å². The number of anilines is 1. The Bertz CT molecular complexity index is 1010. The number of hydrogen-bond acceptors (Lipinski definition) is 3. The molecule has 0 atom stereocenters. The molecular weight excluding hydrogens is 462 g/mol. The number of benzene rings is 2. The van der Waals surface area contributed by atoms with Crippen LogP contribution < -0.4 is 5.32 Å².